The van der Waals surface area contributed by atoms with Gasteiger partial charge < -0.3 is 6.15 Å². The van der Waals surface area contributed by atoms with E-state index in [4.69, 9.17) is 0 Å². The van der Waals surface area contributed by atoms with Crippen LogP contribution >= 0.6 is 0 Å². The fourth-order valence-electron chi connectivity index (χ4n) is 3.34. The molecular formula is C32H67N. The molecule has 1 atom stereocenters. The fourth-order valence-corrected chi connectivity index (χ4v) is 3.34. The van der Waals surface area contributed by atoms with Gasteiger partial charge in [0, 0.05) is 0 Å². The SMILES string of the molecule is CC.CC.CC.CC.CC.CC1=CC(C)=C(C)C2=C(C)C(C)C(C)=C(C)C2=C1C.CCC.N. The predicted octanol–water partition coefficient (Wildman–Crippen LogP) is 12.6. The predicted molar refractivity (Wildman–Crippen MR) is 163 cm³/mol. The molecule has 0 aliphatic heterocycles. The van der Waals surface area contributed by atoms with Crippen molar-refractivity contribution in [3.8, 4) is 0 Å². The number of hydrogen-bond donors (Lipinski definition) is 1. The lowest BCUT2D eigenvalue weighted by Crippen LogP contribution is -2.14. The Morgan fingerprint density at radius 1 is 0.545 bits per heavy atom. The van der Waals surface area contributed by atoms with Crippen LogP contribution in [0.2, 0.25) is 0 Å². The van der Waals surface area contributed by atoms with Crippen molar-refractivity contribution >= 4 is 0 Å². The van der Waals surface area contributed by atoms with Gasteiger partial charge in [0.2, 0.25) is 0 Å². The fraction of sp³-hybridized carbons (Fsp3) is 0.688. The van der Waals surface area contributed by atoms with Gasteiger partial charge in [-0.05, 0) is 93.4 Å². The van der Waals surface area contributed by atoms with Gasteiger partial charge in [0.15, 0.2) is 0 Å². The number of rotatable bonds is 0. The number of hydrogen-bond acceptors (Lipinski definition) is 1. The average molecular weight is 466 g/mol. The van der Waals surface area contributed by atoms with E-state index >= 15 is 0 Å². The average Bonchev–Trinajstić information content (AvgIpc) is 2.93. The van der Waals surface area contributed by atoms with E-state index in [1.54, 1.807) is 0 Å². The zero-order valence-corrected chi connectivity index (χ0v) is 27.1. The van der Waals surface area contributed by atoms with Gasteiger partial charge in [0.25, 0.3) is 0 Å². The Morgan fingerprint density at radius 3 is 1.21 bits per heavy atom. The molecule has 1 nitrogen and oxygen atoms in total. The van der Waals surface area contributed by atoms with Gasteiger partial charge in [0.05, 0.1) is 0 Å². The first-order valence-corrected chi connectivity index (χ1v) is 13.6. The van der Waals surface area contributed by atoms with Gasteiger partial charge in [-0.2, -0.15) is 0 Å². The second-order valence-electron chi connectivity index (χ2n) is 6.93. The van der Waals surface area contributed by atoms with E-state index in [1.165, 1.54) is 56.6 Å². The monoisotopic (exact) mass is 466 g/mol. The molecule has 3 N–H and O–H groups in total. The molecule has 0 aromatic rings. The summed E-state index contributed by atoms with van der Waals surface area (Å²) in [6.45, 7) is 42.5. The maximum absolute atomic E-state index is 2.34. The summed E-state index contributed by atoms with van der Waals surface area (Å²) in [5, 5.41) is 0. The highest BCUT2D eigenvalue weighted by molar-refractivity contribution is 5.69. The van der Waals surface area contributed by atoms with Crippen LogP contribution in [0.3, 0.4) is 0 Å². The molecule has 0 aromatic carbocycles. The van der Waals surface area contributed by atoms with Crippen LogP contribution in [0.4, 0.5) is 0 Å². The van der Waals surface area contributed by atoms with Gasteiger partial charge in [-0.25, -0.2) is 0 Å². The van der Waals surface area contributed by atoms with Crippen LogP contribution in [0.5, 0.6) is 0 Å². The quantitative estimate of drug-likeness (QED) is 0.379. The van der Waals surface area contributed by atoms with E-state index < -0.39 is 0 Å². The van der Waals surface area contributed by atoms with Crippen LogP contribution in [-0.4, -0.2) is 0 Å². The first-order valence-electron chi connectivity index (χ1n) is 13.6. The summed E-state index contributed by atoms with van der Waals surface area (Å²) in [5.74, 6) is 0.563. The minimum atomic E-state index is 0. The summed E-state index contributed by atoms with van der Waals surface area (Å²) in [6, 6.07) is 0. The maximum atomic E-state index is 2.34. The molecular weight excluding hydrogens is 398 g/mol. The Bertz CT molecular complexity index is 619. The van der Waals surface area contributed by atoms with E-state index in [9.17, 15) is 0 Å². The smallest absolute Gasteiger partial charge is 0.00117 e. The third-order valence-corrected chi connectivity index (χ3v) is 5.28. The van der Waals surface area contributed by atoms with E-state index in [0.717, 1.165) is 0 Å². The maximum Gasteiger partial charge on any atom is -0.00117 e. The molecule has 2 aliphatic rings. The van der Waals surface area contributed by atoms with Crippen LogP contribution in [0, 0.1) is 5.92 Å². The summed E-state index contributed by atoms with van der Waals surface area (Å²) in [5.41, 5.74) is 13.2. The van der Waals surface area contributed by atoms with E-state index in [2.05, 4.69) is 75.3 Å². The van der Waals surface area contributed by atoms with E-state index in [1.807, 2.05) is 69.2 Å². The second kappa shape index (κ2) is 28.7. The molecule has 0 fully saturated rings. The molecule has 0 amide bonds. The molecule has 1 heteroatoms. The van der Waals surface area contributed by atoms with Crippen molar-refractivity contribution in [1.29, 1.82) is 0 Å². The Hall–Kier alpha value is -1.34. The molecule has 0 heterocycles. The van der Waals surface area contributed by atoms with Crippen molar-refractivity contribution in [1.82, 2.24) is 6.15 Å². The first-order chi connectivity index (χ1) is 15.2. The molecule has 2 aliphatic carbocycles. The van der Waals surface area contributed by atoms with Crippen molar-refractivity contribution in [2.75, 3.05) is 0 Å². The molecule has 0 radical (unpaired) electrons. The molecule has 2 rings (SSSR count). The first kappa shape index (κ1) is 45.2. The van der Waals surface area contributed by atoms with Gasteiger partial charge in [-0.15, -0.1) is 0 Å². The molecule has 0 aromatic heterocycles. The van der Waals surface area contributed by atoms with Crippen molar-refractivity contribution in [3.05, 3.63) is 56.2 Å². The topological polar surface area (TPSA) is 35.0 Å². The minimum Gasteiger partial charge on any atom is -0.344 e. The van der Waals surface area contributed by atoms with E-state index in [0.29, 0.717) is 5.92 Å². The molecule has 0 spiro atoms. The highest BCUT2D eigenvalue weighted by Crippen LogP contribution is 2.45. The Labute approximate surface area is 213 Å². The Balaban J connectivity index is -0.000000112. The highest BCUT2D eigenvalue weighted by atomic mass is 14.3. The van der Waals surface area contributed by atoms with Gasteiger partial charge >= 0.3 is 0 Å². The van der Waals surface area contributed by atoms with Crippen LogP contribution in [0.1, 0.15) is 145 Å². The van der Waals surface area contributed by atoms with Gasteiger partial charge in [-0.1, -0.05) is 114 Å². The zero-order valence-electron chi connectivity index (χ0n) is 27.1. The van der Waals surface area contributed by atoms with Crippen molar-refractivity contribution in [3.63, 3.8) is 0 Å². The summed E-state index contributed by atoms with van der Waals surface area (Å²) >= 11 is 0. The summed E-state index contributed by atoms with van der Waals surface area (Å²) < 4.78 is 0. The minimum absolute atomic E-state index is 0. The number of fused-ring (bicyclic) bond motifs is 1. The third-order valence-electron chi connectivity index (χ3n) is 5.28. The lowest BCUT2D eigenvalue weighted by atomic mass is 9.74. The molecule has 0 saturated heterocycles. The molecule has 0 saturated carbocycles. The second-order valence-corrected chi connectivity index (χ2v) is 6.93. The van der Waals surface area contributed by atoms with Crippen molar-refractivity contribution < 1.29 is 0 Å². The third kappa shape index (κ3) is 13.8. The lowest BCUT2D eigenvalue weighted by molar-refractivity contribution is 0.762. The summed E-state index contributed by atoms with van der Waals surface area (Å²) in [4.78, 5) is 0. The Morgan fingerprint density at radius 2 is 0.879 bits per heavy atom. The largest absolute Gasteiger partial charge is 0.344 e. The van der Waals surface area contributed by atoms with Crippen molar-refractivity contribution in [2.45, 2.75) is 145 Å². The highest BCUT2D eigenvalue weighted by Gasteiger charge is 2.28. The van der Waals surface area contributed by atoms with Crippen LogP contribution in [0.25, 0.3) is 0 Å². The van der Waals surface area contributed by atoms with E-state index in [-0.39, 0.29) is 6.15 Å². The van der Waals surface area contributed by atoms with Gasteiger partial charge in [0.1, 0.15) is 0 Å². The standard InChI is InChI=1S/C19H26.C3H8.5C2H6.H3N/c1-10-9-11(2)13(4)19-17(8)15(6)14(5)16(7)18(19)12(10)3;1-3-2;5*1-2;/h9,14H,1-8H3;3H2,1-2H3;5*1-2H3;1H3. The zero-order chi connectivity index (χ0) is 27.2. The Kier molecular flexibility index (Phi) is 39.3. The van der Waals surface area contributed by atoms with Crippen molar-refractivity contribution in [2.24, 2.45) is 5.92 Å². The molecule has 33 heavy (non-hydrogen) atoms. The van der Waals surface area contributed by atoms with Crippen LogP contribution < -0.4 is 6.15 Å². The molecule has 200 valence electrons. The van der Waals surface area contributed by atoms with Gasteiger partial charge in [-0.3, -0.25) is 0 Å². The molecule has 0 bridgehead atoms. The summed E-state index contributed by atoms with van der Waals surface area (Å²) in [6.07, 6.45) is 3.59. The lowest BCUT2D eigenvalue weighted by Gasteiger charge is -2.31. The summed E-state index contributed by atoms with van der Waals surface area (Å²) in [7, 11) is 0. The molecule has 1 unspecified atom stereocenters. The number of allylic oxidation sites excluding steroid dienone is 10. The normalized spacial score (nSPS) is 15.8. The van der Waals surface area contributed by atoms with Crippen LogP contribution in [0.15, 0.2) is 56.2 Å². The van der Waals surface area contributed by atoms with Crippen LogP contribution in [-0.2, 0) is 0 Å².